The molecule has 0 saturated carbocycles. The van der Waals surface area contributed by atoms with Gasteiger partial charge >= 0.3 is 5.91 Å². The van der Waals surface area contributed by atoms with Crippen LogP contribution in [0.2, 0.25) is 0 Å². The van der Waals surface area contributed by atoms with Crippen molar-refractivity contribution in [2.24, 2.45) is 0 Å². The highest BCUT2D eigenvalue weighted by molar-refractivity contribution is 6.06. The summed E-state index contributed by atoms with van der Waals surface area (Å²) in [6.07, 6.45) is 0.732. The molecule has 3 nitrogen and oxygen atoms in total. The predicted molar refractivity (Wildman–Crippen MR) is 78.6 cm³/mol. The molecule has 0 radical (unpaired) electrons. The van der Waals surface area contributed by atoms with Crippen LogP contribution in [-0.4, -0.2) is 19.2 Å². The van der Waals surface area contributed by atoms with Crippen molar-refractivity contribution in [3.05, 3.63) is 65.7 Å². The Morgan fingerprint density at radius 1 is 1.05 bits per heavy atom. The van der Waals surface area contributed by atoms with Crippen molar-refractivity contribution in [3.63, 3.8) is 0 Å². The van der Waals surface area contributed by atoms with E-state index in [4.69, 9.17) is 0 Å². The van der Waals surface area contributed by atoms with Gasteiger partial charge in [-0.15, -0.1) is 0 Å². The van der Waals surface area contributed by atoms with Gasteiger partial charge in [0.2, 0.25) is 0 Å². The zero-order valence-electron chi connectivity index (χ0n) is 11.0. The SMILES string of the molecule is CN(C(=O)C#Cc1ccccc1C=O)c1ccccc1. The summed E-state index contributed by atoms with van der Waals surface area (Å²) >= 11 is 0. The van der Waals surface area contributed by atoms with Crippen LogP contribution in [0.1, 0.15) is 15.9 Å². The summed E-state index contributed by atoms with van der Waals surface area (Å²) < 4.78 is 0. The number of hydrogen-bond acceptors (Lipinski definition) is 2. The third kappa shape index (κ3) is 3.12. The van der Waals surface area contributed by atoms with Gasteiger partial charge in [0.25, 0.3) is 0 Å². The standard InChI is InChI=1S/C17H13NO2/c1-18(16-9-3-2-4-10-16)17(20)12-11-14-7-5-6-8-15(14)13-19/h2-10,13H,1H3. The van der Waals surface area contributed by atoms with Crippen LogP contribution in [0.25, 0.3) is 0 Å². The molecule has 0 fully saturated rings. The fourth-order valence-electron chi connectivity index (χ4n) is 1.69. The maximum atomic E-state index is 12.0. The quantitative estimate of drug-likeness (QED) is 0.616. The number of carbonyl (C=O) groups is 2. The molecule has 1 amide bonds. The minimum absolute atomic E-state index is 0.322. The lowest BCUT2D eigenvalue weighted by molar-refractivity contribution is -0.113. The second-order valence-electron chi connectivity index (χ2n) is 4.15. The number of para-hydroxylation sites is 1. The summed E-state index contributed by atoms with van der Waals surface area (Å²) in [4.78, 5) is 24.3. The van der Waals surface area contributed by atoms with E-state index in [0.717, 1.165) is 12.0 Å². The van der Waals surface area contributed by atoms with Gasteiger partial charge in [-0.05, 0) is 18.2 Å². The Morgan fingerprint density at radius 2 is 1.70 bits per heavy atom. The monoisotopic (exact) mass is 263 g/mol. The van der Waals surface area contributed by atoms with Crippen LogP contribution >= 0.6 is 0 Å². The van der Waals surface area contributed by atoms with Crippen LogP contribution in [0, 0.1) is 11.8 Å². The molecule has 2 aromatic carbocycles. The van der Waals surface area contributed by atoms with Crippen molar-refractivity contribution in [1.29, 1.82) is 0 Å². The third-order valence-electron chi connectivity index (χ3n) is 2.84. The number of nitrogens with zero attached hydrogens (tertiary/aromatic N) is 1. The van der Waals surface area contributed by atoms with Gasteiger partial charge in [-0.1, -0.05) is 42.3 Å². The van der Waals surface area contributed by atoms with Gasteiger partial charge in [0.1, 0.15) is 0 Å². The maximum absolute atomic E-state index is 12.0. The molecule has 20 heavy (non-hydrogen) atoms. The number of anilines is 1. The first-order valence-electron chi connectivity index (χ1n) is 6.11. The third-order valence-corrected chi connectivity index (χ3v) is 2.84. The van der Waals surface area contributed by atoms with Gasteiger partial charge in [0.15, 0.2) is 6.29 Å². The average Bonchev–Trinajstić information content (AvgIpc) is 2.53. The maximum Gasteiger partial charge on any atom is 0.302 e. The largest absolute Gasteiger partial charge is 0.305 e. The highest BCUT2D eigenvalue weighted by atomic mass is 16.2. The molecule has 0 heterocycles. The van der Waals surface area contributed by atoms with Crippen molar-refractivity contribution in [1.82, 2.24) is 0 Å². The van der Waals surface area contributed by atoms with Gasteiger partial charge in [-0.2, -0.15) is 0 Å². The molecule has 0 saturated heterocycles. The number of hydrogen-bond donors (Lipinski definition) is 0. The van der Waals surface area contributed by atoms with Crippen molar-refractivity contribution in [3.8, 4) is 11.8 Å². The topological polar surface area (TPSA) is 37.4 Å². The summed E-state index contributed by atoms with van der Waals surface area (Å²) in [5.74, 6) is 4.97. The summed E-state index contributed by atoms with van der Waals surface area (Å²) in [5, 5.41) is 0. The Morgan fingerprint density at radius 3 is 2.40 bits per heavy atom. The Hall–Kier alpha value is -2.86. The normalized spacial score (nSPS) is 9.25. The second-order valence-corrected chi connectivity index (χ2v) is 4.15. The van der Waals surface area contributed by atoms with E-state index in [2.05, 4.69) is 11.8 Å². The Labute approximate surface area is 117 Å². The van der Waals surface area contributed by atoms with E-state index < -0.39 is 0 Å². The van der Waals surface area contributed by atoms with Crippen molar-refractivity contribution in [2.75, 3.05) is 11.9 Å². The van der Waals surface area contributed by atoms with E-state index in [0.29, 0.717) is 11.1 Å². The molecule has 0 aliphatic rings. The van der Waals surface area contributed by atoms with Gasteiger partial charge < -0.3 is 4.90 Å². The zero-order chi connectivity index (χ0) is 14.4. The Kier molecular flexibility index (Phi) is 4.31. The van der Waals surface area contributed by atoms with Crippen LogP contribution in [0.4, 0.5) is 5.69 Å². The number of amides is 1. The number of rotatable bonds is 2. The van der Waals surface area contributed by atoms with Crippen LogP contribution < -0.4 is 4.90 Å². The van der Waals surface area contributed by atoms with E-state index in [1.54, 1.807) is 31.3 Å². The lowest BCUT2D eigenvalue weighted by Crippen LogP contribution is -2.24. The van der Waals surface area contributed by atoms with Crippen molar-refractivity contribution < 1.29 is 9.59 Å². The number of carbonyl (C=O) groups excluding carboxylic acids is 2. The molecule has 2 rings (SSSR count). The molecule has 2 aromatic rings. The lowest BCUT2D eigenvalue weighted by atomic mass is 10.1. The van der Waals surface area contributed by atoms with E-state index in [9.17, 15) is 9.59 Å². The highest BCUT2D eigenvalue weighted by Crippen LogP contribution is 2.10. The number of benzene rings is 2. The lowest BCUT2D eigenvalue weighted by Gasteiger charge is -2.13. The molecule has 0 spiro atoms. The summed E-state index contributed by atoms with van der Waals surface area (Å²) in [6, 6.07) is 16.2. The van der Waals surface area contributed by atoms with Gasteiger partial charge in [0.05, 0.1) is 0 Å². The second kappa shape index (κ2) is 6.35. The minimum Gasteiger partial charge on any atom is -0.305 e. The molecule has 0 aliphatic carbocycles. The zero-order valence-corrected chi connectivity index (χ0v) is 11.0. The van der Waals surface area contributed by atoms with E-state index in [-0.39, 0.29) is 5.91 Å². The van der Waals surface area contributed by atoms with Crippen LogP contribution in [0.5, 0.6) is 0 Å². The van der Waals surface area contributed by atoms with E-state index in [1.807, 2.05) is 30.3 Å². The molecule has 0 aromatic heterocycles. The van der Waals surface area contributed by atoms with Gasteiger partial charge in [0, 0.05) is 29.8 Å². The first kappa shape index (κ1) is 13.6. The summed E-state index contributed by atoms with van der Waals surface area (Å²) in [5.41, 5.74) is 1.81. The minimum atomic E-state index is -0.322. The molecule has 0 N–H and O–H groups in total. The predicted octanol–water partition coefficient (Wildman–Crippen LogP) is 2.51. The van der Waals surface area contributed by atoms with Gasteiger partial charge in [-0.25, -0.2) is 0 Å². The molecule has 0 unspecified atom stereocenters. The van der Waals surface area contributed by atoms with Gasteiger partial charge in [-0.3, -0.25) is 9.59 Å². The molecule has 98 valence electrons. The first-order valence-corrected chi connectivity index (χ1v) is 6.11. The van der Waals surface area contributed by atoms with Crippen LogP contribution in [-0.2, 0) is 4.79 Å². The molecular weight excluding hydrogens is 250 g/mol. The Balaban J connectivity index is 2.21. The molecule has 0 aliphatic heterocycles. The fourth-order valence-corrected chi connectivity index (χ4v) is 1.69. The van der Waals surface area contributed by atoms with Crippen molar-refractivity contribution in [2.45, 2.75) is 0 Å². The van der Waals surface area contributed by atoms with Crippen LogP contribution in [0.15, 0.2) is 54.6 Å². The molecule has 0 bridgehead atoms. The molecule has 0 atom stereocenters. The summed E-state index contributed by atoms with van der Waals surface area (Å²) in [7, 11) is 1.66. The van der Waals surface area contributed by atoms with Crippen LogP contribution in [0.3, 0.4) is 0 Å². The fraction of sp³-hybridized carbons (Fsp3) is 0.0588. The number of aldehydes is 1. The molecular formula is C17H13NO2. The van der Waals surface area contributed by atoms with E-state index in [1.165, 1.54) is 4.90 Å². The molecule has 3 heteroatoms. The van der Waals surface area contributed by atoms with E-state index >= 15 is 0 Å². The smallest absolute Gasteiger partial charge is 0.302 e. The average molecular weight is 263 g/mol. The summed E-state index contributed by atoms with van der Waals surface area (Å²) in [6.45, 7) is 0. The highest BCUT2D eigenvalue weighted by Gasteiger charge is 2.07. The Bertz CT molecular complexity index is 681. The first-order chi connectivity index (χ1) is 9.72. The van der Waals surface area contributed by atoms with Crippen molar-refractivity contribution >= 4 is 17.9 Å².